The minimum Gasteiger partial charge on any atom is -0.454 e. The van der Waals surface area contributed by atoms with E-state index in [4.69, 9.17) is 10.00 Å². The fourth-order valence-corrected chi connectivity index (χ4v) is 3.82. The van der Waals surface area contributed by atoms with Gasteiger partial charge in [-0.1, -0.05) is 24.3 Å². The van der Waals surface area contributed by atoms with Crippen molar-refractivity contribution in [1.29, 1.82) is 5.26 Å². The molecule has 0 fully saturated rings. The Hall–Kier alpha value is -3.39. The number of ether oxygens (including phenoxy) is 1. The maximum absolute atomic E-state index is 12.7. The van der Waals surface area contributed by atoms with Crippen LogP contribution >= 0.6 is 0 Å². The van der Waals surface area contributed by atoms with Gasteiger partial charge in [0.25, 0.3) is 0 Å². The molecule has 5 heteroatoms. The summed E-state index contributed by atoms with van der Waals surface area (Å²) in [6.07, 6.45) is 5.26. The number of benzene rings is 2. The molecule has 1 aromatic heterocycles. The minimum absolute atomic E-state index is 0.249. The Morgan fingerprint density at radius 2 is 1.93 bits per heavy atom. The maximum atomic E-state index is 12.7. The molecule has 0 N–H and O–H groups in total. The predicted molar refractivity (Wildman–Crippen MR) is 105 cm³/mol. The summed E-state index contributed by atoms with van der Waals surface area (Å²) in [5, 5.41) is 9.64. The molecule has 28 heavy (non-hydrogen) atoms. The first-order valence-corrected chi connectivity index (χ1v) is 9.44. The van der Waals surface area contributed by atoms with E-state index in [0.29, 0.717) is 24.1 Å². The van der Waals surface area contributed by atoms with Crippen molar-refractivity contribution in [3.63, 3.8) is 0 Å². The Kier molecular flexibility index (Phi) is 4.94. The van der Waals surface area contributed by atoms with Crippen molar-refractivity contribution in [3.05, 3.63) is 70.9 Å². The summed E-state index contributed by atoms with van der Waals surface area (Å²) in [5.41, 5.74) is 4.38. The third-order valence-electron chi connectivity index (χ3n) is 5.22. The topological polar surface area (TPSA) is 72.1 Å². The van der Waals surface area contributed by atoms with Gasteiger partial charge < -0.3 is 9.30 Å². The van der Waals surface area contributed by atoms with Crippen LogP contribution in [0.4, 0.5) is 0 Å². The highest BCUT2D eigenvalue weighted by Crippen LogP contribution is 2.24. The van der Waals surface area contributed by atoms with E-state index >= 15 is 0 Å². The third-order valence-corrected chi connectivity index (χ3v) is 5.22. The lowest BCUT2D eigenvalue weighted by atomic mass is 10.1. The molecule has 0 radical (unpaired) electrons. The van der Waals surface area contributed by atoms with E-state index in [0.717, 1.165) is 30.2 Å². The molecule has 1 aliphatic rings. The van der Waals surface area contributed by atoms with Crippen molar-refractivity contribution in [3.8, 4) is 6.07 Å². The average molecular weight is 372 g/mol. The lowest BCUT2D eigenvalue weighted by molar-refractivity contribution is 0.0475. The van der Waals surface area contributed by atoms with Crippen LogP contribution in [0, 0.1) is 11.3 Å². The number of nitriles is 1. The normalized spacial score (nSPS) is 12.5. The zero-order valence-corrected chi connectivity index (χ0v) is 15.5. The number of para-hydroxylation sites is 1. The Morgan fingerprint density at radius 1 is 1.11 bits per heavy atom. The quantitative estimate of drug-likeness (QED) is 0.483. The zero-order valence-electron chi connectivity index (χ0n) is 15.5. The number of carbonyl (C=O) groups excluding carboxylic acids is 2. The van der Waals surface area contributed by atoms with Crippen molar-refractivity contribution in [2.24, 2.45) is 0 Å². The molecule has 0 saturated heterocycles. The number of aryl methyl sites for hydroxylation is 3. The summed E-state index contributed by atoms with van der Waals surface area (Å²) in [7, 11) is 0. The fourth-order valence-electron chi connectivity index (χ4n) is 3.82. The van der Waals surface area contributed by atoms with Crippen molar-refractivity contribution < 1.29 is 14.3 Å². The molecule has 0 atom stereocenters. The van der Waals surface area contributed by atoms with Gasteiger partial charge in [-0.25, -0.2) is 4.79 Å². The van der Waals surface area contributed by atoms with Crippen LogP contribution in [0.3, 0.4) is 0 Å². The lowest BCUT2D eigenvalue weighted by Gasteiger charge is -2.06. The zero-order chi connectivity index (χ0) is 19.5. The van der Waals surface area contributed by atoms with E-state index in [1.165, 1.54) is 11.1 Å². The summed E-state index contributed by atoms with van der Waals surface area (Å²) >= 11 is 0. The molecule has 4 rings (SSSR count). The van der Waals surface area contributed by atoms with Crippen LogP contribution in [-0.4, -0.2) is 22.9 Å². The molecular formula is C23H20N2O3. The molecule has 0 unspecified atom stereocenters. The number of rotatable bonds is 6. The average Bonchev–Trinajstić information content (AvgIpc) is 3.34. The van der Waals surface area contributed by atoms with Crippen LogP contribution in [0.25, 0.3) is 10.9 Å². The van der Waals surface area contributed by atoms with Gasteiger partial charge in [0, 0.05) is 29.2 Å². The second kappa shape index (κ2) is 7.69. The number of hydrogen-bond acceptors (Lipinski definition) is 4. The van der Waals surface area contributed by atoms with Crippen LogP contribution in [0.1, 0.15) is 44.7 Å². The van der Waals surface area contributed by atoms with Gasteiger partial charge in [0.2, 0.25) is 5.78 Å². The highest BCUT2D eigenvalue weighted by atomic mass is 16.5. The monoisotopic (exact) mass is 372 g/mol. The SMILES string of the molecule is N#CCCn1cc(C(=O)COC(=O)c2ccc3c(c2)CCC3)c2ccccc21. The summed E-state index contributed by atoms with van der Waals surface area (Å²) in [5.74, 6) is -0.724. The van der Waals surface area contributed by atoms with Crippen LogP contribution in [0.2, 0.25) is 0 Å². The largest absolute Gasteiger partial charge is 0.454 e. The number of hydrogen-bond donors (Lipinski definition) is 0. The van der Waals surface area contributed by atoms with Crippen LogP contribution in [0.5, 0.6) is 0 Å². The van der Waals surface area contributed by atoms with E-state index in [1.54, 1.807) is 12.3 Å². The second-order valence-corrected chi connectivity index (χ2v) is 7.00. The van der Waals surface area contributed by atoms with Gasteiger partial charge in [-0.05, 0) is 48.6 Å². The summed E-state index contributed by atoms with van der Waals surface area (Å²) < 4.78 is 7.19. The first kappa shape index (κ1) is 18.0. The molecule has 0 aliphatic heterocycles. The van der Waals surface area contributed by atoms with Gasteiger partial charge in [-0.2, -0.15) is 5.26 Å². The van der Waals surface area contributed by atoms with Crippen molar-refractivity contribution in [2.75, 3.05) is 6.61 Å². The molecular weight excluding hydrogens is 352 g/mol. The van der Waals surface area contributed by atoms with Crippen LogP contribution in [-0.2, 0) is 24.1 Å². The van der Waals surface area contributed by atoms with Crippen molar-refractivity contribution in [2.45, 2.75) is 32.2 Å². The molecule has 0 saturated carbocycles. The van der Waals surface area contributed by atoms with E-state index < -0.39 is 5.97 Å². The maximum Gasteiger partial charge on any atom is 0.338 e. The number of aromatic nitrogens is 1. The molecule has 1 aliphatic carbocycles. The summed E-state index contributed by atoms with van der Waals surface area (Å²) in [6, 6.07) is 15.3. The Bertz CT molecular complexity index is 1100. The molecule has 0 bridgehead atoms. The van der Waals surface area contributed by atoms with E-state index in [9.17, 15) is 9.59 Å². The highest BCUT2D eigenvalue weighted by Gasteiger charge is 2.19. The number of carbonyl (C=O) groups is 2. The van der Waals surface area contributed by atoms with Crippen molar-refractivity contribution in [1.82, 2.24) is 4.57 Å². The molecule has 2 aromatic carbocycles. The summed E-state index contributed by atoms with van der Waals surface area (Å²) in [6.45, 7) is 0.210. The third kappa shape index (κ3) is 3.41. The highest BCUT2D eigenvalue weighted by molar-refractivity contribution is 6.09. The Morgan fingerprint density at radius 3 is 2.79 bits per heavy atom. The Labute approximate surface area is 163 Å². The van der Waals surface area contributed by atoms with Crippen LogP contribution < -0.4 is 0 Å². The number of ketones is 1. The van der Waals surface area contributed by atoms with Gasteiger partial charge in [-0.15, -0.1) is 0 Å². The van der Waals surface area contributed by atoms with Gasteiger partial charge in [0.15, 0.2) is 6.61 Å². The molecule has 5 nitrogen and oxygen atoms in total. The predicted octanol–water partition coefficient (Wildman–Crippen LogP) is 4.08. The van der Waals surface area contributed by atoms with Crippen molar-refractivity contribution >= 4 is 22.7 Å². The second-order valence-electron chi connectivity index (χ2n) is 7.00. The molecule has 0 amide bonds. The lowest BCUT2D eigenvalue weighted by Crippen LogP contribution is -2.14. The van der Waals surface area contributed by atoms with Gasteiger partial charge in [0.05, 0.1) is 18.1 Å². The fraction of sp³-hybridized carbons (Fsp3) is 0.261. The van der Waals surface area contributed by atoms with Gasteiger partial charge in [-0.3, -0.25) is 4.79 Å². The number of fused-ring (bicyclic) bond motifs is 2. The Balaban J connectivity index is 1.49. The first-order chi connectivity index (χ1) is 13.7. The molecule has 3 aromatic rings. The van der Waals surface area contributed by atoms with Gasteiger partial charge in [0.1, 0.15) is 0 Å². The first-order valence-electron chi connectivity index (χ1n) is 9.44. The summed E-state index contributed by atoms with van der Waals surface area (Å²) in [4.78, 5) is 25.1. The number of Topliss-reactive ketones (excluding diaryl/α,β-unsaturated/α-hetero) is 1. The molecule has 1 heterocycles. The smallest absolute Gasteiger partial charge is 0.338 e. The van der Waals surface area contributed by atoms with E-state index in [-0.39, 0.29) is 12.4 Å². The standard InChI is InChI=1S/C23H20N2O3/c24-11-4-12-25-14-20(19-7-1-2-8-21(19)25)22(26)15-28-23(27)18-10-9-16-5-3-6-17(16)13-18/h1-2,7-10,13-14H,3-6,12,15H2. The van der Waals surface area contributed by atoms with Crippen LogP contribution in [0.15, 0.2) is 48.7 Å². The number of esters is 1. The van der Waals surface area contributed by atoms with E-state index in [2.05, 4.69) is 6.07 Å². The number of nitrogens with zero attached hydrogens (tertiary/aromatic N) is 2. The molecule has 140 valence electrons. The molecule has 0 spiro atoms. The minimum atomic E-state index is -0.476. The van der Waals surface area contributed by atoms with Gasteiger partial charge >= 0.3 is 5.97 Å². The van der Waals surface area contributed by atoms with E-state index in [1.807, 2.05) is 41.0 Å².